The Labute approximate surface area is 181 Å². The van der Waals surface area contributed by atoms with Gasteiger partial charge in [-0.1, -0.05) is 17.7 Å². The number of hydrogen-bond donors (Lipinski definition) is 1. The fraction of sp³-hybridized carbons (Fsp3) is 0.286. The van der Waals surface area contributed by atoms with Gasteiger partial charge in [0, 0.05) is 28.4 Å². The molecule has 2 aliphatic rings. The minimum absolute atomic E-state index is 0.0937. The summed E-state index contributed by atoms with van der Waals surface area (Å²) in [6, 6.07) is 9.94. The third kappa shape index (κ3) is 3.75. The molecule has 2 aromatic heterocycles. The van der Waals surface area contributed by atoms with Crippen LogP contribution in [0.1, 0.15) is 21.4 Å². The van der Waals surface area contributed by atoms with Crippen LogP contribution in [0.15, 0.2) is 41.1 Å². The second-order valence-electron chi connectivity index (χ2n) is 6.96. The number of benzene rings is 1. The topological polar surface area (TPSA) is 50.8 Å². The van der Waals surface area contributed by atoms with Crippen LogP contribution in [0.5, 0.6) is 11.5 Å². The van der Waals surface area contributed by atoms with Crippen LogP contribution in [0.25, 0.3) is 0 Å². The molecule has 1 N–H and O–H groups in total. The molecule has 4 heterocycles. The lowest BCUT2D eigenvalue weighted by atomic mass is 9.98. The van der Waals surface area contributed by atoms with Crippen molar-refractivity contribution >= 4 is 45.9 Å². The standard InChI is InChI=1S/C21H19ClN2O3S2/c22-14-10-16-17(27-7-6-26-16)11-15(14)23-20(25)12-24-5-3-18-13(4-9-29-18)21(24)19-2-1-8-28-19/h1-2,4,8-11,21H,3,5-7,12H2,(H,23,25). The van der Waals surface area contributed by atoms with Crippen LogP contribution in [0, 0.1) is 0 Å². The molecule has 29 heavy (non-hydrogen) atoms. The van der Waals surface area contributed by atoms with Crippen LogP contribution in [-0.2, 0) is 11.2 Å². The molecule has 0 saturated carbocycles. The maximum atomic E-state index is 12.9. The Kier molecular flexibility index (Phi) is 5.22. The minimum atomic E-state index is -0.0937. The van der Waals surface area contributed by atoms with E-state index in [0.717, 1.165) is 13.0 Å². The van der Waals surface area contributed by atoms with Gasteiger partial charge in [-0.05, 0) is 34.9 Å². The van der Waals surface area contributed by atoms with Crippen molar-refractivity contribution < 1.29 is 14.3 Å². The zero-order chi connectivity index (χ0) is 19.8. The predicted octanol–water partition coefficient (Wildman–Crippen LogP) is 4.82. The predicted molar refractivity (Wildman–Crippen MR) is 117 cm³/mol. The Morgan fingerprint density at radius 1 is 1.17 bits per heavy atom. The van der Waals surface area contributed by atoms with E-state index in [1.807, 2.05) is 0 Å². The molecular weight excluding hydrogens is 428 g/mol. The fourth-order valence-electron chi connectivity index (χ4n) is 3.85. The van der Waals surface area contributed by atoms with Gasteiger partial charge in [-0.25, -0.2) is 0 Å². The fourth-order valence-corrected chi connectivity index (χ4v) is 5.83. The second kappa shape index (κ2) is 7.99. The molecule has 1 amide bonds. The summed E-state index contributed by atoms with van der Waals surface area (Å²) in [7, 11) is 0. The van der Waals surface area contributed by atoms with E-state index in [-0.39, 0.29) is 11.9 Å². The number of amides is 1. The Hall–Kier alpha value is -2.06. The van der Waals surface area contributed by atoms with Crippen LogP contribution in [0.3, 0.4) is 0 Å². The molecule has 0 radical (unpaired) electrons. The van der Waals surface area contributed by atoms with E-state index in [2.05, 4.69) is 39.2 Å². The first-order chi connectivity index (χ1) is 14.2. The van der Waals surface area contributed by atoms with Gasteiger partial charge >= 0.3 is 0 Å². The largest absolute Gasteiger partial charge is 0.486 e. The van der Waals surface area contributed by atoms with Crippen molar-refractivity contribution in [2.24, 2.45) is 0 Å². The lowest BCUT2D eigenvalue weighted by Gasteiger charge is -2.34. The van der Waals surface area contributed by atoms with Crippen molar-refractivity contribution in [2.45, 2.75) is 12.5 Å². The molecular formula is C21H19ClN2O3S2. The first kappa shape index (κ1) is 18.9. The number of ether oxygens (including phenoxy) is 2. The number of hydrogen-bond acceptors (Lipinski definition) is 6. The first-order valence-electron chi connectivity index (χ1n) is 9.42. The number of nitrogens with zero attached hydrogens (tertiary/aromatic N) is 1. The molecule has 150 valence electrons. The smallest absolute Gasteiger partial charge is 0.238 e. The summed E-state index contributed by atoms with van der Waals surface area (Å²) >= 11 is 9.88. The van der Waals surface area contributed by atoms with Gasteiger partial charge in [0.2, 0.25) is 5.91 Å². The summed E-state index contributed by atoms with van der Waals surface area (Å²) in [5.41, 5.74) is 1.86. The molecule has 0 fully saturated rings. The van der Waals surface area contributed by atoms with Gasteiger partial charge in [-0.2, -0.15) is 0 Å². The van der Waals surface area contributed by atoms with E-state index >= 15 is 0 Å². The molecule has 0 saturated heterocycles. The van der Waals surface area contributed by atoms with Crippen LogP contribution >= 0.6 is 34.3 Å². The minimum Gasteiger partial charge on any atom is -0.486 e. The monoisotopic (exact) mass is 446 g/mol. The third-order valence-corrected chi connectivity index (χ3v) is 7.36. The number of anilines is 1. The molecule has 8 heteroatoms. The van der Waals surface area contributed by atoms with Gasteiger partial charge < -0.3 is 14.8 Å². The first-order valence-corrected chi connectivity index (χ1v) is 11.6. The van der Waals surface area contributed by atoms with Crippen LogP contribution in [-0.4, -0.2) is 37.1 Å². The van der Waals surface area contributed by atoms with Crippen molar-refractivity contribution in [3.63, 3.8) is 0 Å². The second-order valence-corrected chi connectivity index (χ2v) is 9.35. The number of carbonyl (C=O) groups excluding carboxylic acids is 1. The number of fused-ring (bicyclic) bond motifs is 2. The molecule has 1 aromatic carbocycles. The summed E-state index contributed by atoms with van der Waals surface area (Å²) in [6.07, 6.45) is 0.965. The Bertz CT molecular complexity index is 1030. The zero-order valence-electron chi connectivity index (χ0n) is 15.5. The van der Waals surface area contributed by atoms with Crippen LogP contribution in [0.4, 0.5) is 5.69 Å². The number of carbonyl (C=O) groups is 1. The SMILES string of the molecule is O=C(CN1CCc2sccc2C1c1cccs1)Nc1cc2c(cc1Cl)OCCO2. The van der Waals surface area contributed by atoms with E-state index in [9.17, 15) is 4.79 Å². The van der Waals surface area contributed by atoms with Crippen LogP contribution in [0.2, 0.25) is 5.02 Å². The lowest BCUT2D eigenvalue weighted by Crippen LogP contribution is -2.40. The maximum absolute atomic E-state index is 12.9. The maximum Gasteiger partial charge on any atom is 0.238 e. The van der Waals surface area contributed by atoms with E-state index in [1.165, 1.54) is 15.3 Å². The number of rotatable bonds is 4. The Morgan fingerprint density at radius 3 is 2.79 bits per heavy atom. The number of thiophene rings is 2. The van der Waals surface area contributed by atoms with E-state index in [1.54, 1.807) is 34.8 Å². The highest BCUT2D eigenvalue weighted by atomic mass is 35.5. The average molecular weight is 447 g/mol. The Morgan fingerprint density at radius 2 is 2.00 bits per heavy atom. The van der Waals surface area contributed by atoms with Crippen LogP contribution < -0.4 is 14.8 Å². The molecule has 0 aliphatic carbocycles. The molecule has 1 unspecified atom stereocenters. The summed E-state index contributed by atoms with van der Waals surface area (Å²) in [5.74, 6) is 1.12. The molecule has 1 atom stereocenters. The summed E-state index contributed by atoms with van der Waals surface area (Å²) in [4.78, 5) is 17.8. The van der Waals surface area contributed by atoms with Crippen molar-refractivity contribution in [1.82, 2.24) is 4.90 Å². The van der Waals surface area contributed by atoms with Gasteiger partial charge in [-0.3, -0.25) is 9.69 Å². The molecule has 3 aromatic rings. The molecule has 5 nitrogen and oxygen atoms in total. The quantitative estimate of drug-likeness (QED) is 0.624. The van der Waals surface area contributed by atoms with Crippen molar-refractivity contribution in [2.75, 3.05) is 31.6 Å². The molecule has 0 spiro atoms. The third-order valence-electron chi connectivity index (χ3n) is 5.13. The highest BCUT2D eigenvalue weighted by Gasteiger charge is 2.31. The van der Waals surface area contributed by atoms with Crippen molar-refractivity contribution in [1.29, 1.82) is 0 Å². The van der Waals surface area contributed by atoms with E-state index in [4.69, 9.17) is 21.1 Å². The highest BCUT2D eigenvalue weighted by Crippen LogP contribution is 2.40. The zero-order valence-corrected chi connectivity index (χ0v) is 17.9. The summed E-state index contributed by atoms with van der Waals surface area (Å²) in [5, 5.41) is 7.62. The summed E-state index contributed by atoms with van der Waals surface area (Å²) < 4.78 is 11.1. The van der Waals surface area contributed by atoms with Crippen molar-refractivity contribution in [3.05, 3.63) is 61.4 Å². The Balaban J connectivity index is 1.35. The van der Waals surface area contributed by atoms with Gasteiger partial charge in [0.1, 0.15) is 13.2 Å². The van der Waals surface area contributed by atoms with Crippen molar-refractivity contribution in [3.8, 4) is 11.5 Å². The van der Waals surface area contributed by atoms with Gasteiger partial charge in [0.05, 0.1) is 23.3 Å². The number of nitrogens with one attached hydrogen (secondary N) is 1. The van der Waals surface area contributed by atoms with E-state index in [0.29, 0.717) is 42.0 Å². The van der Waals surface area contributed by atoms with E-state index < -0.39 is 0 Å². The van der Waals surface area contributed by atoms with Gasteiger partial charge in [0.15, 0.2) is 11.5 Å². The molecule has 2 aliphatic heterocycles. The molecule has 0 bridgehead atoms. The molecule has 5 rings (SSSR count). The van der Waals surface area contributed by atoms with Gasteiger partial charge in [0.25, 0.3) is 0 Å². The highest BCUT2D eigenvalue weighted by molar-refractivity contribution is 7.10. The van der Waals surface area contributed by atoms with Gasteiger partial charge in [-0.15, -0.1) is 22.7 Å². The lowest BCUT2D eigenvalue weighted by molar-refractivity contribution is -0.117. The number of halogens is 1. The average Bonchev–Trinajstić information content (AvgIpc) is 3.40. The summed E-state index contributed by atoms with van der Waals surface area (Å²) in [6.45, 7) is 2.13. The normalized spacial score (nSPS) is 18.3.